The maximum absolute atomic E-state index is 18.0. The van der Waals surface area contributed by atoms with Gasteiger partial charge in [0.1, 0.15) is 37.7 Å². The van der Waals surface area contributed by atoms with Gasteiger partial charge in [0.05, 0.1) is 25.0 Å². The van der Waals surface area contributed by atoms with E-state index < -0.39 is 150 Å². The molecule has 23 heteroatoms. The SMILES string of the molecule is CCN(COCC(=O)[C@@]12O[C@H](c3cccc(F)c3)O[C@@H]1CC1C3C[C@H](F)C4=CC(=O)C=C[C@]4(C)[C@@]3(F)[C@@H](O)C[C@@]12C)C(=O)OCc1ccc(O[C@@H]2O[C@H](C(=O)OC)[C@@H](OC(C)=O)[C@H](OC(C)=O)[C@H]2OC(C)=O)c(N)c1. The average molecular weight is 1060 g/mol. The van der Waals surface area contributed by atoms with E-state index in [0.29, 0.717) is 5.56 Å². The number of ketones is 2. The highest BCUT2D eigenvalue weighted by Gasteiger charge is 2.80. The van der Waals surface area contributed by atoms with Crippen molar-refractivity contribution in [1.29, 1.82) is 0 Å². The van der Waals surface area contributed by atoms with Gasteiger partial charge < -0.3 is 58.2 Å². The molecule has 406 valence electrons. The summed E-state index contributed by atoms with van der Waals surface area (Å²) in [4.78, 5) is 91.2. The first-order valence-corrected chi connectivity index (χ1v) is 24.3. The molecule has 2 aliphatic heterocycles. The first-order chi connectivity index (χ1) is 35.4. The molecule has 15 atom stereocenters. The lowest BCUT2D eigenvalue weighted by molar-refractivity contribution is -0.282. The largest absolute Gasteiger partial charge is 0.467 e. The fourth-order valence-electron chi connectivity index (χ4n) is 12.2. The van der Waals surface area contributed by atoms with Crippen LogP contribution in [-0.2, 0) is 78.0 Å². The number of amides is 1. The number of anilines is 1. The molecule has 0 radical (unpaired) electrons. The van der Waals surface area contributed by atoms with Crippen LogP contribution in [0.1, 0.15) is 78.2 Å². The predicted molar refractivity (Wildman–Crippen MR) is 249 cm³/mol. The number of rotatable bonds is 15. The smallest absolute Gasteiger partial charge is 0.411 e. The predicted octanol–water partition coefficient (Wildman–Crippen LogP) is 4.76. The number of aliphatic hydroxyl groups excluding tert-OH is 1. The van der Waals surface area contributed by atoms with Crippen molar-refractivity contribution in [1.82, 2.24) is 4.90 Å². The van der Waals surface area contributed by atoms with Crippen LogP contribution in [0.2, 0.25) is 0 Å². The van der Waals surface area contributed by atoms with Gasteiger partial charge in [0.2, 0.25) is 12.4 Å². The summed E-state index contributed by atoms with van der Waals surface area (Å²) in [6.07, 6.45) is -12.2. The van der Waals surface area contributed by atoms with Crippen molar-refractivity contribution >= 4 is 47.2 Å². The quantitative estimate of drug-likeness (QED) is 0.105. The van der Waals surface area contributed by atoms with E-state index in [4.69, 9.17) is 53.1 Å². The molecule has 0 aromatic heterocycles. The number of hydrogen-bond acceptors (Lipinski definition) is 19. The molecule has 3 saturated carbocycles. The van der Waals surface area contributed by atoms with Gasteiger partial charge >= 0.3 is 30.0 Å². The number of carbonyl (C=O) groups excluding carboxylic acids is 7. The van der Waals surface area contributed by atoms with Gasteiger partial charge in [-0.3, -0.25) is 28.9 Å². The summed E-state index contributed by atoms with van der Waals surface area (Å²) < 4.78 is 106. The summed E-state index contributed by atoms with van der Waals surface area (Å²) >= 11 is 0. The number of nitrogen functional groups attached to an aromatic ring is 1. The molecule has 0 bridgehead atoms. The molecular formula is C52H59F3N2O18. The third-order valence-corrected chi connectivity index (χ3v) is 15.5. The monoisotopic (exact) mass is 1060 g/mol. The molecule has 1 amide bonds. The Bertz CT molecular complexity index is 2690. The molecular weight excluding hydrogens is 998 g/mol. The van der Waals surface area contributed by atoms with Crippen molar-refractivity contribution in [3.05, 3.63) is 83.2 Å². The number of nitrogens with two attached hydrogens (primary N) is 1. The number of fused-ring (bicyclic) bond motifs is 7. The summed E-state index contributed by atoms with van der Waals surface area (Å²) in [5, 5.41) is 12.0. The summed E-state index contributed by atoms with van der Waals surface area (Å²) in [6.45, 7) is 6.41. The van der Waals surface area contributed by atoms with Crippen LogP contribution in [0.4, 0.5) is 23.7 Å². The van der Waals surface area contributed by atoms with E-state index in [9.17, 15) is 43.1 Å². The van der Waals surface area contributed by atoms with Gasteiger partial charge in [-0.05, 0) is 86.6 Å². The van der Waals surface area contributed by atoms with Crippen molar-refractivity contribution in [3.63, 3.8) is 0 Å². The zero-order valence-electron chi connectivity index (χ0n) is 42.1. The molecule has 6 aliphatic rings. The molecule has 0 spiro atoms. The number of nitrogens with zero attached hydrogens (tertiary/aromatic N) is 1. The standard InChI is InChI=1S/C52H59F3N2O18/c1-8-57(48(65)68-22-28-12-13-37(36(56)16-28)72-47-44(71-27(4)60)42(70-26(3)59)41(69-25(2)58)43(74-47)45(64)66-7)24-67-23-39(63)52-40(73-46(75-52)29-10-9-11-30(53)17-29)20-32-33-19-35(54)34-18-31(61)14-15-49(34,5)51(33,55)38(62)21-50(32,52)6/h9-18,32-33,35,38,40-44,46-47,62H,8,19-24,56H2,1-7H3/t32?,33?,35-,38-,40+,41-,42-,43-,44+,46+,47+,49-,50-,51-,52+/m0/s1. The Hall–Kier alpha value is -6.40. The van der Waals surface area contributed by atoms with Gasteiger partial charge in [0.25, 0.3) is 0 Å². The van der Waals surface area contributed by atoms with Gasteiger partial charge in [0.15, 0.2) is 47.4 Å². The first kappa shape index (κ1) is 54.8. The van der Waals surface area contributed by atoms with E-state index >= 15 is 8.78 Å². The van der Waals surface area contributed by atoms with E-state index in [2.05, 4.69) is 0 Å². The van der Waals surface area contributed by atoms with Crippen LogP contribution in [-0.4, -0.2) is 139 Å². The number of ether oxygens (including phenoxy) is 10. The highest BCUT2D eigenvalue weighted by atomic mass is 19.1. The Kier molecular flexibility index (Phi) is 15.3. The molecule has 4 aliphatic carbocycles. The van der Waals surface area contributed by atoms with Crippen LogP contribution in [0, 0.1) is 28.5 Å². The Labute approximate surface area is 428 Å². The van der Waals surface area contributed by atoms with Crippen LogP contribution in [0.15, 0.2) is 66.3 Å². The average Bonchev–Trinajstić information content (AvgIpc) is 3.86. The van der Waals surface area contributed by atoms with Gasteiger partial charge in [-0.25, -0.2) is 22.8 Å². The van der Waals surface area contributed by atoms with Crippen molar-refractivity contribution in [2.45, 2.75) is 134 Å². The zero-order chi connectivity index (χ0) is 54.5. The fraction of sp³-hybridized carbons (Fsp3) is 0.558. The van der Waals surface area contributed by atoms with Crippen LogP contribution in [0.25, 0.3) is 0 Å². The minimum absolute atomic E-state index is 0.000269. The third-order valence-electron chi connectivity index (χ3n) is 15.5. The summed E-state index contributed by atoms with van der Waals surface area (Å²) in [5.74, 6) is -7.52. The van der Waals surface area contributed by atoms with Crippen LogP contribution in [0.3, 0.4) is 0 Å². The lowest BCUT2D eigenvalue weighted by Gasteiger charge is -2.63. The number of methoxy groups -OCH3 is 1. The Morgan fingerprint density at radius 2 is 1.61 bits per heavy atom. The van der Waals surface area contributed by atoms with Gasteiger partial charge in [-0.2, -0.15) is 0 Å². The van der Waals surface area contributed by atoms with Crippen LogP contribution < -0.4 is 10.5 Å². The van der Waals surface area contributed by atoms with Crippen LogP contribution >= 0.6 is 0 Å². The molecule has 2 heterocycles. The maximum Gasteiger partial charge on any atom is 0.411 e. The number of halogens is 3. The highest BCUT2D eigenvalue weighted by molar-refractivity contribution is 6.01. The number of hydrogen-bond donors (Lipinski definition) is 2. The summed E-state index contributed by atoms with van der Waals surface area (Å²) in [6, 6.07) is 9.60. The van der Waals surface area contributed by atoms with Crippen molar-refractivity contribution in [2.24, 2.45) is 22.7 Å². The number of Topliss-reactive ketones (excluding diaryl/α,β-unsaturated/α-hetero) is 1. The molecule has 2 aromatic rings. The third kappa shape index (κ3) is 9.65. The number of benzene rings is 2. The number of aliphatic hydroxyl groups is 1. The van der Waals surface area contributed by atoms with E-state index in [1.165, 1.54) is 55.5 Å². The molecule has 2 unspecified atom stereocenters. The van der Waals surface area contributed by atoms with Crippen molar-refractivity contribution in [3.8, 4) is 5.75 Å². The Morgan fingerprint density at radius 1 is 0.920 bits per heavy atom. The highest BCUT2D eigenvalue weighted by Crippen LogP contribution is 2.72. The molecule has 2 saturated heterocycles. The van der Waals surface area contributed by atoms with Crippen LogP contribution in [0.5, 0.6) is 5.75 Å². The molecule has 8 rings (SSSR count). The maximum atomic E-state index is 18.0. The second kappa shape index (κ2) is 21.0. The second-order valence-corrected chi connectivity index (χ2v) is 19.9. The van der Waals surface area contributed by atoms with E-state index in [1.807, 2.05) is 0 Å². The van der Waals surface area contributed by atoms with Crippen molar-refractivity contribution < 1.29 is 99.2 Å². The molecule has 3 N–H and O–H groups in total. The number of allylic oxidation sites excluding steroid dienone is 4. The molecule has 2 aromatic carbocycles. The van der Waals surface area contributed by atoms with Gasteiger partial charge in [-0.15, -0.1) is 0 Å². The van der Waals surface area contributed by atoms with Gasteiger partial charge in [0, 0.05) is 49.6 Å². The van der Waals surface area contributed by atoms with E-state index in [0.717, 1.165) is 38.9 Å². The lowest BCUT2D eigenvalue weighted by Crippen LogP contribution is -2.70. The number of esters is 4. The minimum atomic E-state index is -2.46. The van der Waals surface area contributed by atoms with Gasteiger partial charge in [-0.1, -0.05) is 31.2 Å². The minimum Gasteiger partial charge on any atom is -0.467 e. The molecule has 5 fully saturated rings. The second-order valence-electron chi connectivity index (χ2n) is 19.9. The first-order valence-electron chi connectivity index (χ1n) is 24.3. The Morgan fingerprint density at radius 3 is 2.27 bits per heavy atom. The number of alkyl halides is 2. The Balaban J connectivity index is 0.955. The van der Waals surface area contributed by atoms with Crippen molar-refractivity contribution in [2.75, 3.05) is 32.7 Å². The molecule has 75 heavy (non-hydrogen) atoms. The zero-order valence-corrected chi connectivity index (χ0v) is 42.1. The lowest BCUT2D eigenvalue weighted by atomic mass is 9.44. The fourth-order valence-corrected chi connectivity index (χ4v) is 12.2. The normalized spacial score (nSPS) is 35.3. The van der Waals surface area contributed by atoms with E-state index in [1.54, 1.807) is 19.9 Å². The topological polar surface area (TPSA) is 261 Å². The van der Waals surface area contributed by atoms with E-state index in [-0.39, 0.29) is 55.0 Å². The summed E-state index contributed by atoms with van der Waals surface area (Å²) in [7, 11) is 1.04. The molecule has 20 nitrogen and oxygen atoms in total. The summed E-state index contributed by atoms with van der Waals surface area (Å²) in [5.41, 5.74) is -0.666. The number of carbonyl (C=O) groups is 7.